The monoisotopic (exact) mass is 206 g/mol. The van der Waals surface area contributed by atoms with Crippen molar-refractivity contribution >= 4 is 0 Å². The lowest BCUT2D eigenvalue weighted by Gasteiger charge is -2.38. The zero-order valence-electron chi connectivity index (χ0n) is 8.51. The molecule has 1 saturated heterocycles. The van der Waals surface area contributed by atoms with Gasteiger partial charge in [-0.3, -0.25) is 0 Å². The molecule has 1 heterocycles. The Balaban J connectivity index is 2.43. The summed E-state index contributed by atoms with van der Waals surface area (Å²) in [4.78, 5) is 0. The third kappa shape index (κ3) is 2.65. The van der Waals surface area contributed by atoms with Gasteiger partial charge in [0.1, 0.15) is 0 Å². The second-order valence-electron chi connectivity index (χ2n) is 4.32. The Morgan fingerprint density at radius 3 is 2.14 bits per heavy atom. The molecule has 5 heteroatoms. The highest BCUT2D eigenvalue weighted by Gasteiger charge is 2.36. The van der Waals surface area contributed by atoms with Gasteiger partial charge in [0.2, 0.25) is 0 Å². The molecule has 0 saturated carbocycles. The van der Waals surface area contributed by atoms with Crippen molar-refractivity contribution in [3.05, 3.63) is 0 Å². The molecular formula is C9H18O5. The number of hydrogen-bond donors (Lipinski definition) is 3. The zero-order chi connectivity index (χ0) is 10.8. The van der Waals surface area contributed by atoms with E-state index in [1.54, 1.807) is 0 Å². The van der Waals surface area contributed by atoms with Crippen LogP contribution in [0.15, 0.2) is 0 Å². The van der Waals surface area contributed by atoms with Crippen LogP contribution < -0.4 is 0 Å². The third-order valence-corrected chi connectivity index (χ3v) is 2.39. The summed E-state index contributed by atoms with van der Waals surface area (Å²) in [7, 11) is 0. The molecule has 0 unspecified atom stereocenters. The van der Waals surface area contributed by atoms with Crippen LogP contribution in [0.25, 0.3) is 0 Å². The Morgan fingerprint density at radius 2 is 1.79 bits per heavy atom. The van der Waals surface area contributed by atoms with E-state index in [2.05, 4.69) is 0 Å². The van der Waals surface area contributed by atoms with E-state index in [0.717, 1.165) is 0 Å². The van der Waals surface area contributed by atoms with Gasteiger partial charge in [0, 0.05) is 5.41 Å². The smallest absolute Gasteiger partial charge is 0.164 e. The van der Waals surface area contributed by atoms with Crippen LogP contribution in [0.5, 0.6) is 0 Å². The summed E-state index contributed by atoms with van der Waals surface area (Å²) < 4.78 is 10.6. The molecule has 1 aliphatic rings. The highest BCUT2D eigenvalue weighted by molar-refractivity contribution is 4.75. The normalized spacial score (nSPS) is 29.6. The van der Waals surface area contributed by atoms with E-state index >= 15 is 0 Å². The fourth-order valence-corrected chi connectivity index (χ4v) is 1.22. The molecule has 0 atom stereocenters. The number of aliphatic hydroxyl groups excluding tert-OH is 2. The van der Waals surface area contributed by atoms with Crippen molar-refractivity contribution in [2.24, 2.45) is 11.3 Å². The molecule has 1 aliphatic heterocycles. The van der Waals surface area contributed by atoms with Crippen molar-refractivity contribution in [2.45, 2.75) is 26.4 Å². The number of rotatable bonds is 3. The first-order chi connectivity index (χ1) is 6.47. The molecular weight excluding hydrogens is 188 g/mol. The third-order valence-electron chi connectivity index (χ3n) is 2.39. The summed E-state index contributed by atoms with van der Waals surface area (Å²) >= 11 is 0. The van der Waals surface area contributed by atoms with E-state index in [4.69, 9.17) is 24.8 Å². The van der Waals surface area contributed by atoms with Gasteiger partial charge in [-0.05, 0) is 0 Å². The fraction of sp³-hybridized carbons (Fsp3) is 1.00. The van der Waals surface area contributed by atoms with Crippen LogP contribution in [-0.2, 0) is 9.47 Å². The van der Waals surface area contributed by atoms with E-state index in [0.29, 0.717) is 0 Å². The van der Waals surface area contributed by atoms with Crippen molar-refractivity contribution < 1.29 is 24.8 Å². The maximum Gasteiger partial charge on any atom is 0.164 e. The molecule has 0 aromatic carbocycles. The highest BCUT2D eigenvalue weighted by atomic mass is 16.7. The van der Waals surface area contributed by atoms with Crippen LogP contribution in [0, 0.1) is 11.3 Å². The maximum atomic E-state index is 9.06. The summed E-state index contributed by atoms with van der Waals surface area (Å²) in [6.07, 6.45) is -1.89. The summed E-state index contributed by atoms with van der Waals surface area (Å²) in [5, 5.41) is 26.8. The average molecular weight is 206 g/mol. The topological polar surface area (TPSA) is 79.2 Å². The molecule has 0 aliphatic carbocycles. The maximum absolute atomic E-state index is 9.06. The van der Waals surface area contributed by atoms with Crippen LogP contribution in [0.3, 0.4) is 0 Å². The Hall–Kier alpha value is -0.200. The van der Waals surface area contributed by atoms with E-state index in [1.165, 1.54) is 0 Å². The molecule has 5 nitrogen and oxygen atoms in total. The molecule has 1 rings (SSSR count). The van der Waals surface area contributed by atoms with E-state index < -0.39 is 23.9 Å². The van der Waals surface area contributed by atoms with Crippen molar-refractivity contribution in [1.29, 1.82) is 0 Å². The number of hydrogen-bond acceptors (Lipinski definition) is 5. The fourth-order valence-electron chi connectivity index (χ4n) is 1.22. The molecule has 0 aromatic heterocycles. The largest absolute Gasteiger partial charge is 0.396 e. The van der Waals surface area contributed by atoms with Gasteiger partial charge < -0.3 is 24.8 Å². The summed E-state index contributed by atoms with van der Waals surface area (Å²) in [5.41, 5.74) is -0.467. The second-order valence-corrected chi connectivity index (χ2v) is 4.32. The summed E-state index contributed by atoms with van der Waals surface area (Å²) in [6.45, 7) is 4.10. The minimum absolute atomic E-state index is 0.0377. The van der Waals surface area contributed by atoms with Gasteiger partial charge in [-0.25, -0.2) is 0 Å². The Kier molecular flexibility index (Phi) is 3.86. The second kappa shape index (κ2) is 4.55. The van der Waals surface area contributed by atoms with Crippen LogP contribution in [0.1, 0.15) is 13.8 Å². The Morgan fingerprint density at radius 1 is 1.29 bits per heavy atom. The van der Waals surface area contributed by atoms with Crippen LogP contribution in [-0.4, -0.2) is 47.7 Å². The van der Waals surface area contributed by atoms with Gasteiger partial charge in [0.15, 0.2) is 12.6 Å². The van der Waals surface area contributed by atoms with E-state index in [-0.39, 0.29) is 19.8 Å². The molecule has 14 heavy (non-hydrogen) atoms. The van der Waals surface area contributed by atoms with Gasteiger partial charge in [-0.2, -0.15) is 0 Å². The van der Waals surface area contributed by atoms with Gasteiger partial charge in [-0.1, -0.05) is 13.8 Å². The molecule has 84 valence electrons. The standard InChI is InChI=1S/C9H18O5/c1-9(2,5-10)8-13-3-6(4-14-8)7(11)12/h6-8,10-12H,3-5H2,1-2H3. The molecule has 1 fully saturated rings. The minimum atomic E-state index is -1.41. The predicted octanol–water partition coefficient (Wildman–Crippen LogP) is -0.695. The lowest BCUT2D eigenvalue weighted by atomic mass is 9.93. The highest BCUT2D eigenvalue weighted by Crippen LogP contribution is 2.28. The van der Waals surface area contributed by atoms with E-state index in [1.807, 2.05) is 13.8 Å². The van der Waals surface area contributed by atoms with Gasteiger partial charge >= 0.3 is 0 Å². The molecule has 0 aromatic rings. The lowest BCUT2D eigenvalue weighted by molar-refractivity contribution is -0.275. The molecule has 0 spiro atoms. The zero-order valence-corrected chi connectivity index (χ0v) is 8.51. The number of ether oxygens (including phenoxy) is 2. The molecule has 3 N–H and O–H groups in total. The SMILES string of the molecule is CC(C)(CO)C1OCC(C(O)O)CO1. The first-order valence-corrected chi connectivity index (χ1v) is 4.67. The van der Waals surface area contributed by atoms with Gasteiger partial charge in [0.25, 0.3) is 0 Å². The summed E-state index contributed by atoms with van der Waals surface area (Å²) in [6, 6.07) is 0. The van der Waals surface area contributed by atoms with Crippen LogP contribution in [0.2, 0.25) is 0 Å². The van der Waals surface area contributed by atoms with Crippen molar-refractivity contribution in [3.8, 4) is 0 Å². The summed E-state index contributed by atoms with van der Waals surface area (Å²) in [5.74, 6) is -0.402. The Labute approximate surface area is 83.3 Å². The Bertz CT molecular complexity index is 172. The van der Waals surface area contributed by atoms with Crippen molar-refractivity contribution in [3.63, 3.8) is 0 Å². The van der Waals surface area contributed by atoms with Crippen LogP contribution in [0.4, 0.5) is 0 Å². The molecule has 0 bridgehead atoms. The van der Waals surface area contributed by atoms with E-state index in [9.17, 15) is 0 Å². The molecule has 0 amide bonds. The van der Waals surface area contributed by atoms with Gasteiger partial charge in [-0.15, -0.1) is 0 Å². The van der Waals surface area contributed by atoms with Crippen LogP contribution >= 0.6 is 0 Å². The van der Waals surface area contributed by atoms with Gasteiger partial charge in [0.05, 0.1) is 25.7 Å². The quantitative estimate of drug-likeness (QED) is 0.532. The first-order valence-electron chi connectivity index (χ1n) is 4.67. The van der Waals surface area contributed by atoms with Crippen molar-refractivity contribution in [2.75, 3.05) is 19.8 Å². The average Bonchev–Trinajstić information content (AvgIpc) is 2.18. The lowest BCUT2D eigenvalue weighted by Crippen LogP contribution is -2.46. The minimum Gasteiger partial charge on any atom is -0.396 e. The van der Waals surface area contributed by atoms with Crippen molar-refractivity contribution in [1.82, 2.24) is 0 Å². The first kappa shape index (κ1) is 11.9. The predicted molar refractivity (Wildman–Crippen MR) is 48.3 cm³/mol. The number of aliphatic hydroxyl groups is 3. The molecule has 0 radical (unpaired) electrons.